The number of amides is 2. The fourth-order valence-electron chi connectivity index (χ4n) is 6.53. The van der Waals surface area contributed by atoms with Crippen LogP contribution in [0.4, 0.5) is 9.59 Å². The van der Waals surface area contributed by atoms with Gasteiger partial charge in [-0.2, -0.15) is 5.10 Å². The Bertz CT molecular complexity index is 1460. The zero-order valence-corrected chi connectivity index (χ0v) is 33.5. The van der Waals surface area contributed by atoms with Crippen LogP contribution < -0.4 is 10.6 Å². The number of nitrogens with one attached hydrogen (secondary N) is 3. The van der Waals surface area contributed by atoms with Gasteiger partial charge < -0.3 is 39.5 Å². The lowest BCUT2D eigenvalue weighted by atomic mass is 9.72. The molecule has 0 saturated heterocycles. The Morgan fingerprint density at radius 1 is 0.981 bits per heavy atom. The number of methoxy groups -OCH3 is 1. The van der Waals surface area contributed by atoms with Gasteiger partial charge in [0.2, 0.25) is 5.91 Å². The van der Waals surface area contributed by atoms with E-state index >= 15 is 0 Å². The molecule has 0 aliphatic rings. The second-order valence-corrected chi connectivity index (χ2v) is 15.4. The molecule has 16 nitrogen and oxygen atoms in total. The lowest BCUT2D eigenvalue weighted by Crippen LogP contribution is -2.49. The van der Waals surface area contributed by atoms with Crippen molar-refractivity contribution in [2.24, 2.45) is 23.7 Å². The summed E-state index contributed by atoms with van der Waals surface area (Å²) in [5.74, 6) is -0.900. The largest absolute Gasteiger partial charge is 0.508 e. The van der Waals surface area contributed by atoms with E-state index in [1.54, 1.807) is 27.9 Å². The third-order valence-electron chi connectivity index (χ3n) is 9.35. The van der Waals surface area contributed by atoms with Gasteiger partial charge in [0.25, 0.3) is 5.09 Å². The smallest absolute Gasteiger partial charge is 0.444 e. The van der Waals surface area contributed by atoms with Gasteiger partial charge >= 0.3 is 12.2 Å². The first-order chi connectivity index (χ1) is 25.4. The van der Waals surface area contributed by atoms with Crippen LogP contribution in [0.5, 0.6) is 0 Å². The fraction of sp³-hybridized carbons (Fsp3) is 0.737. The summed E-state index contributed by atoms with van der Waals surface area (Å²) in [4.78, 5) is 52.9. The van der Waals surface area contributed by atoms with Crippen molar-refractivity contribution in [1.29, 1.82) is 0 Å². The summed E-state index contributed by atoms with van der Waals surface area (Å²) in [6.45, 7) is 15.7. The molecule has 2 amide bonds. The minimum Gasteiger partial charge on any atom is -0.444 e. The number of fused-ring (bicyclic) bond motifs is 1. The van der Waals surface area contributed by atoms with E-state index in [1.165, 1.54) is 0 Å². The van der Waals surface area contributed by atoms with Crippen LogP contribution in [-0.2, 0) is 28.6 Å². The number of aromatic nitrogens is 2. The molecule has 54 heavy (non-hydrogen) atoms. The van der Waals surface area contributed by atoms with Gasteiger partial charge in [0.1, 0.15) is 12.2 Å². The van der Waals surface area contributed by atoms with Gasteiger partial charge in [-0.15, -0.1) is 10.1 Å². The van der Waals surface area contributed by atoms with Crippen molar-refractivity contribution in [1.82, 2.24) is 20.8 Å². The quantitative estimate of drug-likeness (QED) is 0.0406. The number of unbranched alkanes of at least 4 members (excludes halogenated alkanes) is 1. The average molecular weight is 766 g/mol. The molecular formula is C38H63N5O11. The number of nitrogens with zero attached hydrogens (tertiary/aromatic N) is 2. The molecule has 1 heterocycles. The summed E-state index contributed by atoms with van der Waals surface area (Å²) >= 11 is 0. The normalized spacial score (nSPS) is 14.6. The second-order valence-electron chi connectivity index (χ2n) is 15.4. The predicted molar refractivity (Wildman–Crippen MR) is 202 cm³/mol. The number of aliphatic hydroxyl groups is 1. The van der Waals surface area contributed by atoms with Crippen LogP contribution in [0.25, 0.3) is 10.9 Å². The lowest BCUT2D eigenvalue weighted by Gasteiger charge is -2.36. The molecule has 2 rings (SSSR count). The summed E-state index contributed by atoms with van der Waals surface area (Å²) in [5.41, 5.74) is 2.22. The number of aromatic amines is 1. The zero-order valence-electron chi connectivity index (χ0n) is 33.5. The van der Waals surface area contributed by atoms with Crippen molar-refractivity contribution in [2.45, 2.75) is 118 Å². The summed E-state index contributed by atoms with van der Waals surface area (Å²) in [7, 11) is 1.68. The molecule has 2 aromatic rings. The van der Waals surface area contributed by atoms with Gasteiger partial charge in [0, 0.05) is 25.0 Å². The number of ether oxygens (including phenoxy) is 4. The van der Waals surface area contributed by atoms with E-state index in [1.807, 2.05) is 20.8 Å². The van der Waals surface area contributed by atoms with Gasteiger partial charge in [-0.05, 0) is 102 Å². The molecule has 5 atom stereocenters. The Morgan fingerprint density at radius 2 is 1.67 bits per heavy atom. The van der Waals surface area contributed by atoms with Crippen molar-refractivity contribution in [3.8, 4) is 0 Å². The number of aryl methyl sites for hydroxylation is 1. The Balaban J connectivity index is 2.20. The number of benzene rings is 1. The number of aliphatic hydroxyl groups excluding tert-OH is 1. The van der Waals surface area contributed by atoms with Crippen LogP contribution in [0.3, 0.4) is 0 Å². The van der Waals surface area contributed by atoms with Gasteiger partial charge in [-0.3, -0.25) is 9.89 Å². The van der Waals surface area contributed by atoms with E-state index in [9.17, 15) is 29.6 Å². The second kappa shape index (κ2) is 22.9. The van der Waals surface area contributed by atoms with Crippen molar-refractivity contribution in [3.05, 3.63) is 39.6 Å². The molecule has 0 saturated carbocycles. The van der Waals surface area contributed by atoms with Crippen LogP contribution in [0.1, 0.15) is 104 Å². The molecule has 0 aliphatic heterocycles. The van der Waals surface area contributed by atoms with Gasteiger partial charge in [0.05, 0.1) is 43.1 Å². The molecule has 0 aliphatic carbocycles. The summed E-state index contributed by atoms with van der Waals surface area (Å²) < 4.78 is 21.0. The SMILES string of the molecule is COCCCC(c1ccc2c(C)n[nH]c2c1)[C@@H](C[C@H](NC(=O)OC(C)(C)C)[C@@H](O)C[C@H](C(=O)NCCOC(=O)OCCCCO[N+](=O)[O-])C(C)C)C(C)C. The number of hydrogen-bond acceptors (Lipinski definition) is 12. The Kier molecular flexibility index (Phi) is 19.5. The standard InChI is InChI=1S/C38H63N5O11/c1-24(2)30(29(13-12-17-50-9)27-14-15-28-26(5)41-42-32(28)21-27)22-33(40-36(46)54-38(6,7)8)34(44)23-31(25(3)4)35(45)39-16-20-52-37(47)51-18-10-11-19-53-43(48)49/h14-15,21,24-25,29-31,33-34,44H,10-13,16-20,22-23H2,1-9H3,(H,39,45)(H,40,46)(H,41,42)/t29?,30-,31-,33-,34-/m0/s1. The highest BCUT2D eigenvalue weighted by atomic mass is 16.9. The Hall–Kier alpha value is -4.18. The van der Waals surface area contributed by atoms with Crippen molar-refractivity contribution >= 4 is 29.1 Å². The third-order valence-corrected chi connectivity index (χ3v) is 9.35. The molecule has 0 bridgehead atoms. The molecule has 4 N–H and O–H groups in total. The molecular weight excluding hydrogens is 702 g/mol. The van der Waals surface area contributed by atoms with Crippen LogP contribution in [0.2, 0.25) is 0 Å². The maximum absolute atomic E-state index is 13.4. The number of carbonyl (C=O) groups excluding carboxylic acids is 3. The first-order valence-electron chi connectivity index (χ1n) is 18.9. The monoisotopic (exact) mass is 765 g/mol. The van der Waals surface area contributed by atoms with E-state index < -0.39 is 41.0 Å². The van der Waals surface area contributed by atoms with E-state index in [0.29, 0.717) is 25.9 Å². The zero-order chi connectivity index (χ0) is 40.4. The Labute approximate surface area is 318 Å². The maximum Gasteiger partial charge on any atom is 0.508 e. The predicted octanol–water partition coefficient (Wildman–Crippen LogP) is 6.22. The first kappa shape index (κ1) is 46.0. The number of carbonyl (C=O) groups is 3. The van der Waals surface area contributed by atoms with Crippen LogP contribution >= 0.6 is 0 Å². The average Bonchev–Trinajstić information content (AvgIpc) is 3.45. The minimum absolute atomic E-state index is 0.00280. The van der Waals surface area contributed by atoms with E-state index in [0.717, 1.165) is 35.0 Å². The van der Waals surface area contributed by atoms with E-state index in [-0.39, 0.29) is 62.4 Å². The Morgan fingerprint density at radius 3 is 2.30 bits per heavy atom. The highest BCUT2D eigenvalue weighted by molar-refractivity contribution is 5.82. The van der Waals surface area contributed by atoms with E-state index in [2.05, 4.69) is 57.7 Å². The van der Waals surface area contributed by atoms with Gasteiger partial charge in [-0.1, -0.05) is 39.8 Å². The topological polar surface area (TPSA) is 213 Å². The molecule has 1 aromatic carbocycles. The minimum atomic E-state index is -1.10. The number of alkyl carbamates (subject to hydrolysis) is 1. The summed E-state index contributed by atoms with van der Waals surface area (Å²) in [5, 5.41) is 35.4. The van der Waals surface area contributed by atoms with Crippen LogP contribution in [0, 0.1) is 40.7 Å². The molecule has 1 unspecified atom stereocenters. The molecule has 0 spiro atoms. The summed E-state index contributed by atoms with van der Waals surface area (Å²) in [6.07, 6.45) is 0.115. The van der Waals surface area contributed by atoms with Crippen LogP contribution in [-0.4, -0.2) is 96.4 Å². The van der Waals surface area contributed by atoms with Gasteiger partial charge in [-0.25, -0.2) is 9.59 Å². The number of hydrogen-bond donors (Lipinski definition) is 4. The van der Waals surface area contributed by atoms with Crippen molar-refractivity contribution in [3.63, 3.8) is 0 Å². The highest BCUT2D eigenvalue weighted by Crippen LogP contribution is 2.39. The molecule has 1 aromatic heterocycles. The lowest BCUT2D eigenvalue weighted by molar-refractivity contribution is -0.757. The maximum atomic E-state index is 13.4. The first-order valence-corrected chi connectivity index (χ1v) is 18.9. The third kappa shape index (κ3) is 16.5. The van der Waals surface area contributed by atoms with Crippen molar-refractivity contribution in [2.75, 3.05) is 40.1 Å². The summed E-state index contributed by atoms with van der Waals surface area (Å²) in [6, 6.07) is 5.60. The number of rotatable bonds is 24. The van der Waals surface area contributed by atoms with E-state index in [4.69, 9.17) is 18.9 Å². The fourth-order valence-corrected chi connectivity index (χ4v) is 6.53. The molecule has 0 radical (unpaired) electrons. The van der Waals surface area contributed by atoms with Crippen molar-refractivity contribution < 1.29 is 48.4 Å². The van der Waals surface area contributed by atoms with Gasteiger partial charge in [0.15, 0.2) is 0 Å². The molecule has 16 heteroatoms. The number of H-pyrrole nitrogens is 1. The molecule has 306 valence electrons. The highest BCUT2D eigenvalue weighted by Gasteiger charge is 2.36. The molecule has 0 fully saturated rings. The van der Waals surface area contributed by atoms with Crippen LogP contribution in [0.15, 0.2) is 18.2 Å².